The lowest BCUT2D eigenvalue weighted by molar-refractivity contribution is 0.177. The molecule has 44 heavy (non-hydrogen) atoms. The minimum Gasteiger partial charge on any atom is -0.423 e. The van der Waals surface area contributed by atoms with Gasteiger partial charge in [-0.15, -0.1) is 12.4 Å². The molecule has 0 aliphatic carbocycles. The first-order chi connectivity index (χ1) is 20.2. The maximum atomic E-state index is 9.08. The Balaban J connectivity index is 0.000000342. The van der Waals surface area contributed by atoms with Gasteiger partial charge < -0.3 is 10.0 Å². The maximum absolute atomic E-state index is 9.08. The van der Waals surface area contributed by atoms with E-state index in [0.717, 1.165) is 22.6 Å². The minimum atomic E-state index is -1.64. The molecule has 0 saturated carbocycles. The first kappa shape index (κ1) is 37.4. The Morgan fingerprint density at radius 1 is 0.705 bits per heavy atom. The number of nitrogens with zero attached hydrogens (tertiary/aromatic N) is 6. The maximum Gasteiger partial charge on any atom is 0.487 e. The number of nitriles is 3. The van der Waals surface area contributed by atoms with Gasteiger partial charge in [-0.25, -0.2) is 14.5 Å². The molecule has 1 aliphatic heterocycles. The van der Waals surface area contributed by atoms with E-state index in [-0.39, 0.29) is 29.1 Å². The molecule has 1 heterocycles. The summed E-state index contributed by atoms with van der Waals surface area (Å²) >= 11 is 3.20. The summed E-state index contributed by atoms with van der Waals surface area (Å²) in [5.41, 5.74) is 4.54. The molecule has 0 atom stereocenters. The van der Waals surface area contributed by atoms with Crippen molar-refractivity contribution in [1.82, 2.24) is 0 Å². The van der Waals surface area contributed by atoms with Crippen molar-refractivity contribution in [1.29, 1.82) is 15.8 Å². The molecule has 3 aromatic carbocycles. The Morgan fingerprint density at radius 2 is 1.11 bits per heavy atom. The molecule has 4 rings (SSSR count). The van der Waals surface area contributed by atoms with E-state index in [1.165, 1.54) is 18.2 Å². The van der Waals surface area contributed by atoms with Crippen LogP contribution in [0.2, 0.25) is 12.6 Å². The fourth-order valence-corrected chi connectivity index (χ4v) is 5.19. The highest BCUT2D eigenvalue weighted by molar-refractivity contribution is 9.10. The predicted octanol–water partition coefficient (Wildman–Crippen LogP) is 6.96. The summed E-state index contributed by atoms with van der Waals surface area (Å²) in [6, 6.07) is 20.5. The Morgan fingerprint density at radius 3 is 1.55 bits per heavy atom. The van der Waals surface area contributed by atoms with Crippen molar-refractivity contribution in [2.45, 2.75) is 40.3 Å². The second-order valence-electron chi connectivity index (χ2n) is 11.2. The van der Waals surface area contributed by atoms with Crippen LogP contribution in [-0.2, 0) is 0 Å². The largest absolute Gasteiger partial charge is 0.487 e. The van der Waals surface area contributed by atoms with Gasteiger partial charge in [-0.3, -0.25) is 0 Å². The van der Waals surface area contributed by atoms with Gasteiger partial charge in [0.1, 0.15) is 0 Å². The summed E-state index contributed by atoms with van der Waals surface area (Å²) in [6.07, 6.45) is 2.23. The third-order valence-electron chi connectivity index (χ3n) is 7.65. The topological polar surface area (TPSA) is 125 Å². The van der Waals surface area contributed by atoms with Crippen molar-refractivity contribution in [3.63, 3.8) is 0 Å². The summed E-state index contributed by atoms with van der Waals surface area (Å²) in [4.78, 5) is 9.79. The van der Waals surface area contributed by atoms with E-state index in [0.29, 0.717) is 40.0 Å². The van der Waals surface area contributed by atoms with Gasteiger partial charge in [0.2, 0.25) is 0 Å². The first-order valence-corrected chi connectivity index (χ1v) is 13.8. The van der Waals surface area contributed by atoms with E-state index in [1.807, 2.05) is 24.3 Å². The van der Waals surface area contributed by atoms with Crippen LogP contribution < -0.4 is 10.9 Å². The molecule has 0 unspecified atom stereocenters. The third kappa shape index (κ3) is 10.0. The van der Waals surface area contributed by atoms with Crippen molar-refractivity contribution in [3.8, 4) is 18.2 Å². The van der Waals surface area contributed by atoms with E-state index in [2.05, 4.69) is 64.2 Å². The van der Waals surface area contributed by atoms with Crippen LogP contribution in [0.3, 0.4) is 0 Å². The number of halogens is 2. The number of hydrogen-bond acceptors (Lipinski definition) is 5. The van der Waals surface area contributed by atoms with E-state index in [1.54, 1.807) is 24.3 Å². The number of rotatable bonds is 2. The first-order valence-electron chi connectivity index (χ1n) is 13.0. The van der Waals surface area contributed by atoms with E-state index in [4.69, 9.17) is 45.6 Å². The van der Waals surface area contributed by atoms with Gasteiger partial charge in [-0.2, -0.15) is 15.8 Å². The molecule has 3 aromatic rings. The molecule has 0 bridgehead atoms. The van der Waals surface area contributed by atoms with E-state index in [9.17, 15) is 0 Å². The molecule has 1 fully saturated rings. The Labute approximate surface area is 274 Å². The van der Waals surface area contributed by atoms with Crippen molar-refractivity contribution in [2.75, 3.05) is 0 Å². The van der Waals surface area contributed by atoms with Gasteiger partial charge in [-0.05, 0) is 52.7 Å². The molecule has 1 saturated heterocycles. The lowest BCUT2D eigenvalue weighted by Crippen LogP contribution is -2.29. The molecule has 12 heteroatoms. The highest BCUT2D eigenvalue weighted by atomic mass is 79.9. The van der Waals surface area contributed by atoms with Crippen molar-refractivity contribution in [3.05, 3.63) is 110 Å². The molecule has 0 spiro atoms. The Kier molecular flexibility index (Phi) is 13.9. The number of benzene rings is 3. The molecule has 218 valence electrons. The second kappa shape index (κ2) is 16.3. The monoisotopic (exact) mass is 664 g/mol. The summed E-state index contributed by atoms with van der Waals surface area (Å²) in [5, 5.41) is 43.7. The van der Waals surface area contributed by atoms with Gasteiger partial charge in [-0.1, -0.05) is 79.9 Å². The third-order valence-corrected chi connectivity index (χ3v) is 8.11. The zero-order valence-corrected chi connectivity index (χ0v) is 27.0. The zero-order chi connectivity index (χ0) is 32.4. The lowest BCUT2D eigenvalue weighted by Gasteiger charge is -2.35. The molecule has 8 nitrogen and oxygen atoms in total. The van der Waals surface area contributed by atoms with E-state index >= 15 is 0 Å². The molecular weight excluding hydrogens is 637 g/mol. The van der Waals surface area contributed by atoms with Crippen LogP contribution in [0.15, 0.2) is 59.1 Å². The lowest BCUT2D eigenvalue weighted by atomic mass is 9.42. The van der Waals surface area contributed by atoms with Crippen LogP contribution >= 0.6 is 28.3 Å². The fraction of sp³-hybridized carbons (Fsp3) is 0.250. The molecule has 0 amide bonds. The predicted molar refractivity (Wildman–Crippen MR) is 180 cm³/mol. The van der Waals surface area contributed by atoms with Crippen LogP contribution in [0.1, 0.15) is 44.4 Å². The van der Waals surface area contributed by atoms with Crippen LogP contribution in [-0.4, -0.2) is 23.9 Å². The minimum absolute atomic E-state index is 0. The standard InChI is InChI=1S/C16H19BN2.C8H5BN2O2.C8H3BrN2.ClH/c1-15(2)10-17(11-16(15,3)4)13-6-12(9-18)7-14(8-13)19-5;1-11-8-3-6(5-10)2-7(4-8)9(12)13;1-11-8-3-6(5-10)2-7(9)4-8;/h6-8H,10-11H2,1-4H3;2-4,12-13H;2-4H;1H. The van der Waals surface area contributed by atoms with Crippen LogP contribution in [0, 0.1) is 64.5 Å². The molecule has 0 radical (unpaired) electrons. The fourth-order valence-electron chi connectivity index (χ4n) is 4.71. The quantitative estimate of drug-likeness (QED) is 0.226. The average Bonchev–Trinajstić information content (AvgIpc) is 3.22. The Bertz CT molecular complexity index is 1660. The van der Waals surface area contributed by atoms with Crippen molar-refractivity contribution >= 4 is 70.2 Å². The smallest absolute Gasteiger partial charge is 0.423 e. The van der Waals surface area contributed by atoms with Gasteiger partial charge in [0, 0.05) is 21.2 Å². The molecule has 0 aromatic heterocycles. The molecule has 2 N–H and O–H groups in total. The highest BCUT2D eigenvalue weighted by Crippen LogP contribution is 2.52. The summed E-state index contributed by atoms with van der Waals surface area (Å²) < 4.78 is 0.766. The van der Waals surface area contributed by atoms with Crippen molar-refractivity contribution < 1.29 is 10.0 Å². The Hall–Kier alpha value is -4.58. The van der Waals surface area contributed by atoms with Crippen molar-refractivity contribution in [2.24, 2.45) is 10.8 Å². The van der Waals surface area contributed by atoms with Gasteiger partial charge in [0.25, 0.3) is 0 Å². The van der Waals surface area contributed by atoms with Crippen LogP contribution in [0.5, 0.6) is 0 Å². The second-order valence-corrected chi connectivity index (χ2v) is 12.2. The highest BCUT2D eigenvalue weighted by Gasteiger charge is 2.48. The summed E-state index contributed by atoms with van der Waals surface area (Å²) in [5.74, 6) is 0. The normalized spacial score (nSPS) is 13.2. The van der Waals surface area contributed by atoms with Crippen LogP contribution in [0.25, 0.3) is 14.5 Å². The molecular formula is C32H28B2BrClN6O2. The summed E-state index contributed by atoms with van der Waals surface area (Å²) in [6.45, 7) is 30.3. The van der Waals surface area contributed by atoms with Gasteiger partial charge in [0.15, 0.2) is 23.8 Å². The van der Waals surface area contributed by atoms with Gasteiger partial charge in [0.05, 0.1) is 37.9 Å². The molecule has 1 aliphatic rings. The summed E-state index contributed by atoms with van der Waals surface area (Å²) in [7, 11) is -1.64. The van der Waals surface area contributed by atoms with Crippen LogP contribution in [0.4, 0.5) is 17.1 Å². The van der Waals surface area contributed by atoms with E-state index < -0.39 is 7.12 Å². The zero-order valence-electron chi connectivity index (χ0n) is 24.6. The SMILES string of the molecule is Cl.[C-]#[N+]c1cc(Br)cc(C#N)c1.[C-]#[N+]c1cc(C#N)cc(B(O)O)c1.[C-]#[N+]c1cc(C#N)cc(B2CC(C)(C)C(C)(C)C2)c1. The van der Waals surface area contributed by atoms with Gasteiger partial charge >= 0.3 is 7.12 Å². The number of hydrogen-bond donors (Lipinski definition) is 2. The average molecular weight is 666 g/mol.